The summed E-state index contributed by atoms with van der Waals surface area (Å²) in [4.78, 5) is 11.8. The van der Waals surface area contributed by atoms with E-state index in [0.29, 0.717) is 13.0 Å². The zero-order valence-electron chi connectivity index (χ0n) is 15.3. The van der Waals surface area contributed by atoms with E-state index >= 15 is 0 Å². The van der Waals surface area contributed by atoms with Gasteiger partial charge in [-0.1, -0.05) is 40.1 Å². The van der Waals surface area contributed by atoms with Crippen molar-refractivity contribution in [2.24, 2.45) is 0 Å². The molecule has 1 amide bonds. The number of carbonyl (C=O) groups excluding carboxylic acids is 1. The molecule has 1 aromatic rings. The Morgan fingerprint density at radius 1 is 1.35 bits per heavy atom. The zero-order chi connectivity index (χ0) is 18.6. The minimum absolute atomic E-state index is 0.00709. The number of hydrogen-bond donors (Lipinski definition) is 2. The molecule has 2 unspecified atom stereocenters. The topological polar surface area (TPSA) is 67.8 Å². The van der Waals surface area contributed by atoms with Crippen molar-refractivity contribution in [2.45, 2.75) is 50.1 Å². The fraction of sp³-hybridized carbons (Fsp3) is 0.632. The van der Waals surface area contributed by atoms with Gasteiger partial charge in [-0.05, 0) is 37.0 Å². The number of benzene rings is 1. The summed E-state index contributed by atoms with van der Waals surface area (Å²) in [6.45, 7) is 0.853. The largest absolute Gasteiger partial charge is 0.497 e. The highest BCUT2D eigenvalue weighted by atomic mass is 33.1. The van der Waals surface area contributed by atoms with Crippen molar-refractivity contribution in [3.05, 3.63) is 29.8 Å². The molecule has 2 atom stereocenters. The van der Waals surface area contributed by atoms with Gasteiger partial charge in [-0.2, -0.15) is 0 Å². The SMILES string of the molecule is COc1ccc(COCC(O)CNC(=O)CCCCC2CCSS2)cc1. The van der Waals surface area contributed by atoms with Crippen molar-refractivity contribution in [3.8, 4) is 5.75 Å². The van der Waals surface area contributed by atoms with E-state index in [0.717, 1.165) is 29.4 Å². The number of methoxy groups -OCH3 is 1. The summed E-state index contributed by atoms with van der Waals surface area (Å²) < 4.78 is 10.6. The predicted molar refractivity (Wildman–Crippen MR) is 109 cm³/mol. The molecule has 0 spiro atoms. The molecule has 146 valence electrons. The highest BCUT2D eigenvalue weighted by Gasteiger charge is 2.16. The van der Waals surface area contributed by atoms with Gasteiger partial charge in [0.05, 0.1) is 26.4 Å². The molecule has 1 aromatic carbocycles. The second kappa shape index (κ2) is 12.5. The molecular formula is C19H29NO4S2. The normalized spacial score (nSPS) is 17.8. The van der Waals surface area contributed by atoms with Crippen molar-refractivity contribution >= 4 is 27.5 Å². The number of nitrogens with one attached hydrogen (secondary N) is 1. The van der Waals surface area contributed by atoms with Crippen LogP contribution in [0.15, 0.2) is 24.3 Å². The first-order chi connectivity index (χ1) is 12.7. The van der Waals surface area contributed by atoms with Gasteiger partial charge in [-0.3, -0.25) is 4.79 Å². The van der Waals surface area contributed by atoms with Crippen LogP contribution in [0.4, 0.5) is 0 Å². The van der Waals surface area contributed by atoms with Crippen LogP contribution in [0.5, 0.6) is 5.75 Å². The molecule has 2 N–H and O–H groups in total. The monoisotopic (exact) mass is 399 g/mol. The molecule has 0 aromatic heterocycles. The van der Waals surface area contributed by atoms with Crippen molar-refractivity contribution in [1.29, 1.82) is 0 Å². The lowest BCUT2D eigenvalue weighted by Gasteiger charge is -2.13. The molecule has 1 fully saturated rings. The lowest BCUT2D eigenvalue weighted by atomic mass is 10.1. The van der Waals surface area contributed by atoms with Crippen LogP contribution in [0.25, 0.3) is 0 Å². The van der Waals surface area contributed by atoms with Crippen LogP contribution in [0.1, 0.15) is 37.7 Å². The second-order valence-electron chi connectivity index (χ2n) is 6.40. The summed E-state index contributed by atoms with van der Waals surface area (Å²) in [6.07, 6.45) is 4.35. The second-order valence-corrected chi connectivity index (χ2v) is 9.18. The molecule has 0 bridgehead atoms. The molecule has 0 saturated carbocycles. The fourth-order valence-corrected chi connectivity index (χ4v) is 5.66. The minimum atomic E-state index is -0.691. The van der Waals surface area contributed by atoms with Gasteiger partial charge < -0.3 is 19.9 Å². The fourth-order valence-electron chi connectivity index (χ4n) is 2.64. The van der Waals surface area contributed by atoms with Crippen LogP contribution in [0.3, 0.4) is 0 Å². The Kier molecular flexibility index (Phi) is 10.3. The van der Waals surface area contributed by atoms with Crippen LogP contribution >= 0.6 is 21.6 Å². The van der Waals surface area contributed by atoms with Gasteiger partial charge >= 0.3 is 0 Å². The first-order valence-corrected chi connectivity index (χ1v) is 11.5. The molecule has 1 saturated heterocycles. The molecule has 26 heavy (non-hydrogen) atoms. The number of aliphatic hydroxyl groups is 1. The van der Waals surface area contributed by atoms with Crippen LogP contribution < -0.4 is 10.1 Å². The number of ether oxygens (including phenoxy) is 2. The van der Waals surface area contributed by atoms with Gasteiger partial charge in [0.1, 0.15) is 5.75 Å². The number of aliphatic hydroxyl groups excluding tert-OH is 1. The van der Waals surface area contributed by atoms with Gasteiger partial charge in [0.2, 0.25) is 5.91 Å². The predicted octanol–water partition coefficient (Wildman–Crippen LogP) is 3.40. The summed E-state index contributed by atoms with van der Waals surface area (Å²) in [5.41, 5.74) is 1.01. The minimum Gasteiger partial charge on any atom is -0.497 e. The lowest BCUT2D eigenvalue weighted by Crippen LogP contribution is -2.34. The Bertz CT molecular complexity index is 521. The van der Waals surface area contributed by atoms with E-state index in [2.05, 4.69) is 5.32 Å². The van der Waals surface area contributed by atoms with Crippen molar-refractivity contribution in [3.63, 3.8) is 0 Å². The molecule has 7 heteroatoms. The molecule has 0 aliphatic carbocycles. The third-order valence-electron chi connectivity index (χ3n) is 4.18. The molecule has 5 nitrogen and oxygen atoms in total. The summed E-state index contributed by atoms with van der Waals surface area (Å²) >= 11 is 0. The molecule has 2 rings (SSSR count). The highest BCUT2D eigenvalue weighted by molar-refractivity contribution is 8.77. The van der Waals surface area contributed by atoms with Crippen molar-refractivity contribution in [1.82, 2.24) is 5.32 Å². The Balaban J connectivity index is 1.47. The first-order valence-electron chi connectivity index (χ1n) is 9.11. The molecule has 1 aliphatic heterocycles. The van der Waals surface area contributed by atoms with Crippen LogP contribution in [-0.4, -0.2) is 48.4 Å². The van der Waals surface area contributed by atoms with Crippen LogP contribution in [0.2, 0.25) is 0 Å². The summed E-state index contributed by atoms with van der Waals surface area (Å²) in [7, 11) is 5.57. The third-order valence-corrected chi connectivity index (χ3v) is 7.19. The van der Waals surface area contributed by atoms with E-state index in [1.165, 1.54) is 18.6 Å². The average Bonchev–Trinajstić information content (AvgIpc) is 3.17. The quantitative estimate of drug-likeness (QED) is 0.415. The van der Waals surface area contributed by atoms with Crippen molar-refractivity contribution < 1.29 is 19.4 Å². The van der Waals surface area contributed by atoms with E-state index in [-0.39, 0.29) is 19.1 Å². The maximum Gasteiger partial charge on any atom is 0.220 e. The Hall–Kier alpha value is -0.890. The maximum absolute atomic E-state index is 11.8. The zero-order valence-corrected chi connectivity index (χ0v) is 16.9. The van der Waals surface area contributed by atoms with Gasteiger partial charge in [0.15, 0.2) is 0 Å². The van der Waals surface area contributed by atoms with Crippen LogP contribution in [-0.2, 0) is 16.1 Å². The number of unbranched alkanes of at least 4 members (excludes halogenated alkanes) is 1. The summed E-state index contributed by atoms with van der Waals surface area (Å²) in [5.74, 6) is 2.07. The third kappa shape index (κ3) is 8.66. The standard InChI is InChI=1S/C19H29NO4S2/c1-23-17-8-6-15(7-9-17)13-24-14-16(21)12-20-19(22)5-3-2-4-18-10-11-25-26-18/h6-9,16,18,21H,2-5,10-14H2,1H3,(H,20,22). The Labute approximate surface area is 164 Å². The number of hydrogen-bond acceptors (Lipinski definition) is 6. The average molecular weight is 400 g/mol. The summed E-state index contributed by atoms with van der Waals surface area (Å²) in [6, 6.07) is 7.60. The van der Waals surface area contributed by atoms with Gasteiger partial charge in [-0.25, -0.2) is 0 Å². The van der Waals surface area contributed by atoms with E-state index < -0.39 is 6.10 Å². The van der Waals surface area contributed by atoms with Crippen molar-refractivity contribution in [2.75, 3.05) is 26.0 Å². The summed E-state index contributed by atoms with van der Waals surface area (Å²) in [5, 5.41) is 13.5. The molecular weight excluding hydrogens is 370 g/mol. The van der Waals surface area contributed by atoms with Gasteiger partial charge in [0, 0.05) is 24.0 Å². The molecule has 0 radical (unpaired) electrons. The number of rotatable bonds is 12. The van der Waals surface area contributed by atoms with E-state index in [1.54, 1.807) is 7.11 Å². The molecule has 1 aliphatic rings. The van der Waals surface area contributed by atoms with E-state index in [4.69, 9.17) is 9.47 Å². The van der Waals surface area contributed by atoms with Crippen LogP contribution in [0, 0.1) is 0 Å². The Morgan fingerprint density at radius 2 is 2.15 bits per heavy atom. The smallest absolute Gasteiger partial charge is 0.220 e. The maximum atomic E-state index is 11.8. The van der Waals surface area contributed by atoms with E-state index in [1.807, 2.05) is 45.9 Å². The Morgan fingerprint density at radius 3 is 2.85 bits per heavy atom. The first kappa shape index (κ1) is 21.4. The highest BCUT2D eigenvalue weighted by Crippen LogP contribution is 2.39. The lowest BCUT2D eigenvalue weighted by molar-refractivity contribution is -0.121. The van der Waals surface area contributed by atoms with Gasteiger partial charge in [-0.15, -0.1) is 0 Å². The molecule has 1 heterocycles. The number of carbonyl (C=O) groups is 1. The number of amides is 1. The van der Waals surface area contributed by atoms with E-state index in [9.17, 15) is 9.90 Å². The van der Waals surface area contributed by atoms with Gasteiger partial charge in [0.25, 0.3) is 0 Å².